The van der Waals surface area contributed by atoms with Crippen LogP contribution in [-0.2, 0) is 10.2 Å². The van der Waals surface area contributed by atoms with E-state index in [4.69, 9.17) is 17.3 Å². The summed E-state index contributed by atoms with van der Waals surface area (Å²) >= 11 is 8.22. The van der Waals surface area contributed by atoms with E-state index in [9.17, 15) is 17.2 Å². The zero-order valence-electron chi connectivity index (χ0n) is 14.6. The minimum Gasteiger partial charge on any atom is -0.350 e. The third kappa shape index (κ3) is 4.51. The van der Waals surface area contributed by atoms with Gasteiger partial charge < -0.3 is 11.1 Å². The van der Waals surface area contributed by atoms with Gasteiger partial charge in [-0.2, -0.15) is 12.7 Å². The van der Waals surface area contributed by atoms with E-state index in [0.29, 0.717) is 25.1 Å². The molecule has 3 rings (SSSR count). The normalized spacial score (nSPS) is 17.7. The largest absolute Gasteiger partial charge is 0.350 e. The van der Waals surface area contributed by atoms with Gasteiger partial charge in [-0.15, -0.1) is 0 Å². The highest BCUT2D eigenvalue weighted by Crippen LogP contribution is 2.35. The van der Waals surface area contributed by atoms with Crippen LogP contribution in [0, 0.1) is 15.2 Å². The Bertz CT molecular complexity index is 993. The zero-order chi connectivity index (χ0) is 20.5. The third-order valence-corrected chi connectivity index (χ3v) is 6.99. The molecule has 1 saturated heterocycles. The first-order valence-electron chi connectivity index (χ1n) is 8.42. The smallest absolute Gasteiger partial charge is 0.302 e. The average molecular weight is 543 g/mol. The van der Waals surface area contributed by atoms with E-state index >= 15 is 0 Å². The summed E-state index contributed by atoms with van der Waals surface area (Å²) in [6, 6.07) is 6.65. The highest BCUT2D eigenvalue weighted by molar-refractivity contribution is 14.1. The Morgan fingerprint density at radius 3 is 2.64 bits per heavy atom. The zero-order valence-corrected chi connectivity index (χ0v) is 18.3. The van der Waals surface area contributed by atoms with Gasteiger partial charge in [0.25, 0.3) is 0 Å². The Labute approximate surface area is 180 Å². The van der Waals surface area contributed by atoms with Gasteiger partial charge in [-0.3, -0.25) is 4.72 Å². The van der Waals surface area contributed by atoms with Gasteiger partial charge in [0, 0.05) is 22.7 Å². The number of hydrogen-bond acceptors (Lipinski definition) is 4. The summed E-state index contributed by atoms with van der Waals surface area (Å²) in [5.41, 5.74) is 5.48. The van der Waals surface area contributed by atoms with Gasteiger partial charge in [-0.05, 0) is 65.8 Å². The van der Waals surface area contributed by atoms with Gasteiger partial charge in [-0.25, -0.2) is 8.78 Å². The van der Waals surface area contributed by atoms with Crippen molar-refractivity contribution < 1.29 is 17.2 Å². The summed E-state index contributed by atoms with van der Waals surface area (Å²) in [4.78, 5) is 0. The first kappa shape index (κ1) is 21.5. The van der Waals surface area contributed by atoms with Crippen molar-refractivity contribution in [3.8, 4) is 0 Å². The van der Waals surface area contributed by atoms with Crippen LogP contribution in [0.1, 0.15) is 12.8 Å². The molecule has 2 aromatic rings. The van der Waals surface area contributed by atoms with Crippen LogP contribution in [0.25, 0.3) is 0 Å². The second kappa shape index (κ2) is 8.66. The predicted octanol–water partition coefficient (Wildman–Crippen LogP) is 4.05. The van der Waals surface area contributed by atoms with Gasteiger partial charge in [0.2, 0.25) is 0 Å². The maximum absolute atomic E-state index is 14.5. The van der Waals surface area contributed by atoms with Gasteiger partial charge >= 0.3 is 10.2 Å². The van der Waals surface area contributed by atoms with E-state index in [1.54, 1.807) is 18.2 Å². The standard InChI is InChI=1S/C17H18ClF2IN4O2S/c18-12-8-10(21)3-5-14(12)23-17-15(6-4-13(19)16(17)20)24-28(26,27)25-7-1-2-11(25)9-22/h3-6,8,11,23-24H,1-2,7,9,22H2. The first-order chi connectivity index (χ1) is 13.2. The van der Waals surface area contributed by atoms with Gasteiger partial charge in [0.1, 0.15) is 5.69 Å². The van der Waals surface area contributed by atoms with E-state index in [1.165, 1.54) is 4.31 Å². The summed E-state index contributed by atoms with van der Waals surface area (Å²) in [5.74, 6) is -2.33. The lowest BCUT2D eigenvalue weighted by Crippen LogP contribution is -2.42. The van der Waals surface area contributed by atoms with Crippen LogP contribution in [0.5, 0.6) is 0 Å². The summed E-state index contributed by atoms with van der Waals surface area (Å²) in [5, 5.41) is 2.98. The molecule has 0 bridgehead atoms. The molecule has 0 amide bonds. The molecule has 0 spiro atoms. The van der Waals surface area contributed by atoms with Crippen molar-refractivity contribution >= 4 is 61.5 Å². The van der Waals surface area contributed by atoms with Crippen molar-refractivity contribution in [1.29, 1.82) is 0 Å². The Morgan fingerprint density at radius 1 is 1.25 bits per heavy atom. The molecule has 2 aromatic carbocycles. The molecule has 28 heavy (non-hydrogen) atoms. The van der Waals surface area contributed by atoms with Crippen molar-refractivity contribution in [1.82, 2.24) is 4.31 Å². The number of hydrogen-bond donors (Lipinski definition) is 3. The number of nitrogens with one attached hydrogen (secondary N) is 2. The Balaban J connectivity index is 1.96. The number of nitrogens with two attached hydrogens (primary N) is 1. The van der Waals surface area contributed by atoms with E-state index in [2.05, 4.69) is 32.6 Å². The van der Waals surface area contributed by atoms with Crippen LogP contribution in [0.15, 0.2) is 30.3 Å². The molecular weight excluding hydrogens is 525 g/mol. The second-order valence-corrected chi connectivity index (χ2v) is 9.56. The first-order valence-corrected chi connectivity index (χ1v) is 11.3. The van der Waals surface area contributed by atoms with Crippen LogP contribution < -0.4 is 15.8 Å². The topological polar surface area (TPSA) is 87.5 Å². The Hall–Kier alpha value is -1.21. The van der Waals surface area contributed by atoms with E-state index in [0.717, 1.165) is 15.7 Å². The second-order valence-electron chi connectivity index (χ2n) is 6.28. The summed E-state index contributed by atoms with van der Waals surface area (Å²) < 4.78 is 58.3. The lowest BCUT2D eigenvalue weighted by Gasteiger charge is -2.24. The van der Waals surface area contributed by atoms with Gasteiger partial charge in [0.15, 0.2) is 11.6 Å². The molecule has 1 fully saturated rings. The molecule has 0 aromatic heterocycles. The summed E-state index contributed by atoms with van der Waals surface area (Å²) in [6.07, 6.45) is 1.34. The highest BCUT2D eigenvalue weighted by Gasteiger charge is 2.34. The van der Waals surface area contributed by atoms with Crippen LogP contribution >= 0.6 is 34.2 Å². The molecule has 152 valence electrons. The number of anilines is 3. The van der Waals surface area contributed by atoms with E-state index in [1.807, 2.05) is 0 Å². The van der Waals surface area contributed by atoms with Gasteiger partial charge in [-0.1, -0.05) is 11.6 Å². The molecule has 0 aliphatic carbocycles. The highest BCUT2D eigenvalue weighted by atomic mass is 127. The van der Waals surface area contributed by atoms with Crippen molar-refractivity contribution in [2.45, 2.75) is 18.9 Å². The molecule has 1 unspecified atom stereocenters. The predicted molar refractivity (Wildman–Crippen MR) is 115 cm³/mol. The fourth-order valence-electron chi connectivity index (χ4n) is 3.04. The molecule has 1 heterocycles. The van der Waals surface area contributed by atoms with E-state index < -0.39 is 21.8 Å². The Kier molecular flexibility index (Phi) is 6.65. The number of rotatable bonds is 6. The maximum atomic E-state index is 14.5. The fourth-order valence-corrected chi connectivity index (χ4v) is 5.46. The van der Waals surface area contributed by atoms with Crippen LogP contribution in [-0.4, -0.2) is 31.9 Å². The minimum atomic E-state index is -4.00. The van der Waals surface area contributed by atoms with Crippen LogP contribution in [0.3, 0.4) is 0 Å². The molecule has 1 aliphatic heterocycles. The SMILES string of the molecule is NCC1CCCN1S(=O)(=O)Nc1ccc(F)c(F)c1Nc1ccc(I)cc1Cl. The quantitative estimate of drug-likeness (QED) is 0.481. The molecule has 1 aliphatic rings. The van der Waals surface area contributed by atoms with Crippen LogP contribution in [0.2, 0.25) is 5.02 Å². The molecule has 0 radical (unpaired) electrons. The van der Waals surface area contributed by atoms with Crippen molar-refractivity contribution in [3.63, 3.8) is 0 Å². The molecule has 0 saturated carbocycles. The summed E-state index contributed by atoms with van der Waals surface area (Å²) in [7, 11) is -4.00. The van der Waals surface area contributed by atoms with Crippen molar-refractivity contribution in [2.24, 2.45) is 5.73 Å². The Morgan fingerprint density at radius 2 is 1.96 bits per heavy atom. The van der Waals surface area contributed by atoms with Crippen molar-refractivity contribution in [2.75, 3.05) is 23.1 Å². The number of halogens is 4. The monoisotopic (exact) mass is 542 g/mol. The molecular formula is C17H18ClF2IN4O2S. The fraction of sp³-hybridized carbons (Fsp3) is 0.294. The lowest BCUT2D eigenvalue weighted by atomic mass is 10.2. The summed E-state index contributed by atoms with van der Waals surface area (Å²) in [6.45, 7) is 0.495. The molecule has 1 atom stereocenters. The average Bonchev–Trinajstić information content (AvgIpc) is 3.13. The van der Waals surface area contributed by atoms with Crippen LogP contribution in [0.4, 0.5) is 25.8 Å². The van der Waals surface area contributed by atoms with E-state index in [-0.39, 0.29) is 29.0 Å². The number of benzene rings is 2. The lowest BCUT2D eigenvalue weighted by molar-refractivity contribution is 0.396. The van der Waals surface area contributed by atoms with Crippen molar-refractivity contribution in [3.05, 3.63) is 50.6 Å². The molecule has 4 N–H and O–H groups in total. The third-order valence-electron chi connectivity index (χ3n) is 4.43. The van der Waals surface area contributed by atoms with Gasteiger partial charge in [0.05, 0.1) is 16.4 Å². The molecule has 11 heteroatoms. The molecule has 6 nitrogen and oxygen atoms in total. The number of nitrogens with zero attached hydrogens (tertiary/aromatic N) is 1. The minimum absolute atomic E-state index is 0.129. The maximum Gasteiger partial charge on any atom is 0.302 e.